The lowest BCUT2D eigenvalue weighted by Crippen LogP contribution is -2.07. The lowest BCUT2D eigenvalue weighted by molar-refractivity contribution is 0.446. The van der Waals surface area contributed by atoms with E-state index >= 15 is 0 Å². The molecule has 1 aromatic heterocycles. The SMILES string of the molecule is CNCc1cccnc1Oc1ccccc1C(C)C. The molecular formula is C16H20N2O. The number of aromatic nitrogens is 1. The topological polar surface area (TPSA) is 34.2 Å². The molecule has 1 N–H and O–H groups in total. The second kappa shape index (κ2) is 6.34. The van der Waals surface area contributed by atoms with Crippen molar-refractivity contribution in [1.82, 2.24) is 10.3 Å². The van der Waals surface area contributed by atoms with Crippen molar-refractivity contribution < 1.29 is 4.74 Å². The van der Waals surface area contributed by atoms with Crippen LogP contribution in [-0.4, -0.2) is 12.0 Å². The summed E-state index contributed by atoms with van der Waals surface area (Å²) in [6, 6.07) is 12.1. The molecule has 0 amide bonds. The highest BCUT2D eigenvalue weighted by Gasteiger charge is 2.10. The molecule has 2 rings (SSSR count). The molecule has 2 aromatic rings. The molecule has 0 aliphatic heterocycles. The van der Waals surface area contributed by atoms with Gasteiger partial charge in [0.15, 0.2) is 0 Å². The predicted molar refractivity (Wildman–Crippen MR) is 77.6 cm³/mol. The number of benzene rings is 1. The van der Waals surface area contributed by atoms with E-state index in [1.165, 1.54) is 5.56 Å². The van der Waals surface area contributed by atoms with Crippen LogP contribution in [0.2, 0.25) is 0 Å². The van der Waals surface area contributed by atoms with Crippen molar-refractivity contribution in [2.24, 2.45) is 0 Å². The third-order valence-corrected chi connectivity index (χ3v) is 2.96. The minimum atomic E-state index is 0.424. The van der Waals surface area contributed by atoms with Crippen molar-refractivity contribution in [2.45, 2.75) is 26.3 Å². The van der Waals surface area contributed by atoms with Gasteiger partial charge in [-0.2, -0.15) is 0 Å². The Morgan fingerprint density at radius 1 is 1.16 bits per heavy atom. The highest BCUT2D eigenvalue weighted by Crippen LogP contribution is 2.30. The minimum absolute atomic E-state index is 0.424. The molecule has 0 atom stereocenters. The van der Waals surface area contributed by atoms with Crippen LogP contribution in [0.4, 0.5) is 0 Å². The highest BCUT2D eigenvalue weighted by molar-refractivity contribution is 5.39. The summed E-state index contributed by atoms with van der Waals surface area (Å²) in [5, 5.41) is 3.13. The normalized spacial score (nSPS) is 10.7. The predicted octanol–water partition coefficient (Wildman–Crippen LogP) is 3.72. The van der Waals surface area contributed by atoms with Gasteiger partial charge in [-0.25, -0.2) is 4.98 Å². The van der Waals surface area contributed by atoms with Crippen LogP contribution in [0.15, 0.2) is 42.6 Å². The molecule has 1 heterocycles. The van der Waals surface area contributed by atoms with Gasteiger partial charge >= 0.3 is 0 Å². The standard InChI is InChI=1S/C16H20N2O/c1-12(2)14-8-4-5-9-15(14)19-16-13(11-17-3)7-6-10-18-16/h4-10,12,17H,11H2,1-3H3. The van der Waals surface area contributed by atoms with Gasteiger partial charge in [-0.1, -0.05) is 38.1 Å². The molecule has 3 heteroatoms. The van der Waals surface area contributed by atoms with Crippen molar-refractivity contribution in [2.75, 3.05) is 7.05 Å². The first-order valence-corrected chi connectivity index (χ1v) is 6.57. The van der Waals surface area contributed by atoms with Crippen molar-refractivity contribution >= 4 is 0 Å². The maximum atomic E-state index is 6.00. The monoisotopic (exact) mass is 256 g/mol. The average Bonchev–Trinajstić information content (AvgIpc) is 2.42. The number of para-hydroxylation sites is 1. The second-order valence-electron chi connectivity index (χ2n) is 4.79. The first-order chi connectivity index (χ1) is 9.22. The average molecular weight is 256 g/mol. The second-order valence-corrected chi connectivity index (χ2v) is 4.79. The van der Waals surface area contributed by atoms with Gasteiger partial charge in [-0.15, -0.1) is 0 Å². The summed E-state index contributed by atoms with van der Waals surface area (Å²) in [6.07, 6.45) is 1.76. The summed E-state index contributed by atoms with van der Waals surface area (Å²) >= 11 is 0. The molecule has 0 unspecified atom stereocenters. The number of ether oxygens (including phenoxy) is 1. The van der Waals surface area contributed by atoms with E-state index in [0.717, 1.165) is 17.9 Å². The number of hydrogen-bond donors (Lipinski definition) is 1. The summed E-state index contributed by atoms with van der Waals surface area (Å²) in [5.41, 5.74) is 2.26. The first kappa shape index (κ1) is 13.6. The van der Waals surface area contributed by atoms with E-state index in [1.807, 2.05) is 37.4 Å². The van der Waals surface area contributed by atoms with E-state index in [0.29, 0.717) is 11.8 Å². The van der Waals surface area contributed by atoms with Gasteiger partial charge in [0.1, 0.15) is 5.75 Å². The maximum Gasteiger partial charge on any atom is 0.223 e. The van der Waals surface area contributed by atoms with E-state index < -0.39 is 0 Å². The molecule has 0 saturated heterocycles. The fourth-order valence-electron chi connectivity index (χ4n) is 2.00. The van der Waals surface area contributed by atoms with Gasteiger partial charge in [-0.05, 0) is 30.7 Å². The molecule has 0 bridgehead atoms. The highest BCUT2D eigenvalue weighted by atomic mass is 16.5. The quantitative estimate of drug-likeness (QED) is 0.885. The molecular weight excluding hydrogens is 236 g/mol. The number of hydrogen-bond acceptors (Lipinski definition) is 3. The molecule has 0 radical (unpaired) electrons. The van der Waals surface area contributed by atoms with Crippen LogP contribution in [0.25, 0.3) is 0 Å². The summed E-state index contributed by atoms with van der Waals surface area (Å²) in [5.74, 6) is 1.98. The molecule has 0 spiro atoms. The fraction of sp³-hybridized carbons (Fsp3) is 0.312. The van der Waals surface area contributed by atoms with Gasteiger partial charge in [0.2, 0.25) is 5.88 Å². The number of nitrogens with one attached hydrogen (secondary N) is 1. The Labute approximate surface area is 114 Å². The molecule has 3 nitrogen and oxygen atoms in total. The van der Waals surface area contributed by atoms with Gasteiger partial charge in [0.05, 0.1) is 0 Å². The number of rotatable bonds is 5. The zero-order chi connectivity index (χ0) is 13.7. The molecule has 100 valence electrons. The summed E-state index contributed by atoms with van der Waals surface area (Å²) < 4.78 is 6.00. The smallest absolute Gasteiger partial charge is 0.223 e. The van der Waals surface area contributed by atoms with Crippen molar-refractivity contribution in [3.63, 3.8) is 0 Å². The summed E-state index contributed by atoms with van der Waals surface area (Å²) in [7, 11) is 1.92. The van der Waals surface area contributed by atoms with Crippen LogP contribution in [0.5, 0.6) is 11.6 Å². The largest absolute Gasteiger partial charge is 0.438 e. The third-order valence-electron chi connectivity index (χ3n) is 2.96. The van der Waals surface area contributed by atoms with Crippen molar-refractivity contribution in [3.8, 4) is 11.6 Å². The minimum Gasteiger partial charge on any atom is -0.438 e. The Balaban J connectivity index is 2.31. The number of pyridine rings is 1. The zero-order valence-corrected chi connectivity index (χ0v) is 11.7. The van der Waals surface area contributed by atoms with E-state index in [4.69, 9.17) is 4.74 Å². The molecule has 1 aromatic carbocycles. The lowest BCUT2D eigenvalue weighted by Gasteiger charge is -2.14. The van der Waals surface area contributed by atoms with Gasteiger partial charge < -0.3 is 10.1 Å². The van der Waals surface area contributed by atoms with Crippen LogP contribution >= 0.6 is 0 Å². The van der Waals surface area contributed by atoms with E-state index in [1.54, 1.807) is 6.20 Å². The van der Waals surface area contributed by atoms with Crippen LogP contribution in [0, 0.1) is 0 Å². The van der Waals surface area contributed by atoms with Crippen LogP contribution in [0.3, 0.4) is 0 Å². The maximum absolute atomic E-state index is 6.00. The molecule has 0 aliphatic rings. The van der Waals surface area contributed by atoms with Crippen LogP contribution < -0.4 is 10.1 Å². The van der Waals surface area contributed by atoms with E-state index in [9.17, 15) is 0 Å². The van der Waals surface area contributed by atoms with Gasteiger partial charge in [0, 0.05) is 18.3 Å². The third kappa shape index (κ3) is 3.32. The van der Waals surface area contributed by atoms with Crippen molar-refractivity contribution in [1.29, 1.82) is 0 Å². The summed E-state index contributed by atoms with van der Waals surface area (Å²) in [6.45, 7) is 5.07. The Kier molecular flexibility index (Phi) is 4.53. The number of nitrogens with zero attached hydrogens (tertiary/aromatic N) is 1. The lowest BCUT2D eigenvalue weighted by atomic mass is 10.0. The van der Waals surface area contributed by atoms with E-state index in [-0.39, 0.29) is 0 Å². The van der Waals surface area contributed by atoms with Gasteiger partial charge in [-0.3, -0.25) is 0 Å². The first-order valence-electron chi connectivity index (χ1n) is 6.57. The molecule has 0 aliphatic carbocycles. The Morgan fingerprint density at radius 3 is 2.68 bits per heavy atom. The molecule has 19 heavy (non-hydrogen) atoms. The fourth-order valence-corrected chi connectivity index (χ4v) is 2.00. The van der Waals surface area contributed by atoms with E-state index in [2.05, 4.69) is 30.2 Å². The summed E-state index contributed by atoms with van der Waals surface area (Å²) in [4.78, 5) is 4.33. The van der Waals surface area contributed by atoms with Crippen molar-refractivity contribution in [3.05, 3.63) is 53.7 Å². The molecule has 0 fully saturated rings. The Morgan fingerprint density at radius 2 is 1.95 bits per heavy atom. The Bertz CT molecular complexity index is 538. The Hall–Kier alpha value is -1.87. The van der Waals surface area contributed by atoms with Crippen LogP contribution in [-0.2, 0) is 6.54 Å². The molecule has 0 saturated carbocycles. The van der Waals surface area contributed by atoms with Crippen LogP contribution in [0.1, 0.15) is 30.9 Å². The zero-order valence-electron chi connectivity index (χ0n) is 11.7. The van der Waals surface area contributed by atoms with Gasteiger partial charge in [0.25, 0.3) is 0 Å².